The highest BCUT2D eigenvalue weighted by molar-refractivity contribution is 14.1. The molecule has 2 N–H and O–H groups in total. The van der Waals surface area contributed by atoms with Gasteiger partial charge in [-0.25, -0.2) is 0 Å². The zero-order valence-electron chi connectivity index (χ0n) is 9.24. The normalized spacial score (nSPS) is 22.0. The summed E-state index contributed by atoms with van der Waals surface area (Å²) in [5, 5.41) is 11.5. The number of carboxylic acids is 1. The summed E-state index contributed by atoms with van der Waals surface area (Å²) < 4.78 is 1.07. The number of hydrogen-bond acceptors (Lipinski definition) is 2. The first-order valence-electron chi connectivity index (χ1n) is 5.29. The van der Waals surface area contributed by atoms with Crippen LogP contribution in [0, 0.1) is 22.3 Å². The summed E-state index contributed by atoms with van der Waals surface area (Å²) >= 11 is 2.20. The second kappa shape index (κ2) is 4.64. The van der Waals surface area contributed by atoms with Crippen molar-refractivity contribution >= 4 is 40.2 Å². The molecule has 0 heterocycles. The summed E-state index contributed by atoms with van der Waals surface area (Å²) in [5.74, 6) is -1.95. The predicted octanol–water partition coefficient (Wildman–Crippen LogP) is 2.26. The second-order valence-electron chi connectivity index (χ2n) is 4.24. The number of hydrogen-bond donors (Lipinski definition) is 2. The van der Waals surface area contributed by atoms with Crippen molar-refractivity contribution in [1.29, 1.82) is 0 Å². The van der Waals surface area contributed by atoms with Crippen molar-refractivity contribution in [3.05, 3.63) is 27.3 Å². The van der Waals surface area contributed by atoms with E-state index in [0.29, 0.717) is 6.42 Å². The molecule has 5 heteroatoms. The number of benzene rings is 1. The van der Waals surface area contributed by atoms with E-state index in [9.17, 15) is 9.59 Å². The second-order valence-corrected chi connectivity index (χ2v) is 5.40. The lowest BCUT2D eigenvalue weighted by molar-refractivity contribution is -0.139. The molecule has 2 rings (SSSR count). The highest BCUT2D eigenvalue weighted by Gasteiger charge is 2.48. The minimum Gasteiger partial charge on any atom is -0.481 e. The minimum absolute atomic E-state index is 0.197. The van der Waals surface area contributed by atoms with Gasteiger partial charge < -0.3 is 10.4 Å². The Morgan fingerprint density at radius 3 is 2.65 bits per heavy atom. The molecule has 2 atom stereocenters. The van der Waals surface area contributed by atoms with Crippen LogP contribution in [0.25, 0.3) is 0 Å². The van der Waals surface area contributed by atoms with E-state index in [1.807, 2.05) is 25.1 Å². The van der Waals surface area contributed by atoms with Crippen molar-refractivity contribution in [2.45, 2.75) is 13.3 Å². The summed E-state index contributed by atoms with van der Waals surface area (Å²) in [6, 6.07) is 5.64. The molecule has 1 aromatic carbocycles. The van der Waals surface area contributed by atoms with E-state index in [4.69, 9.17) is 5.11 Å². The molecular weight excluding hydrogens is 333 g/mol. The Morgan fingerprint density at radius 2 is 2.12 bits per heavy atom. The Bertz CT molecular complexity index is 487. The van der Waals surface area contributed by atoms with Gasteiger partial charge in [0.2, 0.25) is 5.91 Å². The monoisotopic (exact) mass is 345 g/mol. The number of anilines is 1. The fraction of sp³-hybridized carbons (Fsp3) is 0.333. The number of aliphatic carboxylic acids is 1. The van der Waals surface area contributed by atoms with E-state index >= 15 is 0 Å². The maximum atomic E-state index is 11.7. The molecule has 1 aliphatic carbocycles. The summed E-state index contributed by atoms with van der Waals surface area (Å²) in [5.41, 5.74) is 1.87. The molecule has 0 aliphatic heterocycles. The van der Waals surface area contributed by atoms with Crippen LogP contribution >= 0.6 is 22.6 Å². The number of rotatable bonds is 3. The van der Waals surface area contributed by atoms with Gasteiger partial charge in [0.1, 0.15) is 0 Å². The fourth-order valence-corrected chi connectivity index (χ4v) is 2.18. The first-order valence-corrected chi connectivity index (χ1v) is 6.36. The number of carbonyl (C=O) groups excluding carboxylic acids is 1. The standard InChI is InChI=1S/C12H12INO3/c1-6-2-3-7(4-10(6)13)14-11(15)8-5-9(8)12(16)17/h2-4,8-9H,5H2,1H3,(H,14,15)(H,16,17). The van der Waals surface area contributed by atoms with Gasteiger partial charge in [-0.3, -0.25) is 9.59 Å². The molecule has 17 heavy (non-hydrogen) atoms. The molecule has 0 bridgehead atoms. The lowest BCUT2D eigenvalue weighted by atomic mass is 10.2. The van der Waals surface area contributed by atoms with E-state index in [1.54, 1.807) is 0 Å². The van der Waals surface area contributed by atoms with Crippen LogP contribution in [0.3, 0.4) is 0 Å². The van der Waals surface area contributed by atoms with Crippen LogP contribution < -0.4 is 5.32 Å². The van der Waals surface area contributed by atoms with Crippen LogP contribution in [0.15, 0.2) is 18.2 Å². The third kappa shape index (κ3) is 2.77. The van der Waals surface area contributed by atoms with Crippen LogP contribution in [0.5, 0.6) is 0 Å². The molecule has 1 fully saturated rings. The molecule has 90 valence electrons. The van der Waals surface area contributed by atoms with Gasteiger partial charge >= 0.3 is 5.97 Å². The van der Waals surface area contributed by atoms with Gasteiger partial charge in [-0.1, -0.05) is 6.07 Å². The average molecular weight is 345 g/mol. The van der Waals surface area contributed by atoms with Gasteiger partial charge in [0.25, 0.3) is 0 Å². The van der Waals surface area contributed by atoms with E-state index in [0.717, 1.165) is 14.8 Å². The topological polar surface area (TPSA) is 66.4 Å². The third-order valence-corrected chi connectivity index (χ3v) is 4.05. The van der Waals surface area contributed by atoms with Gasteiger partial charge in [0.15, 0.2) is 0 Å². The van der Waals surface area contributed by atoms with Crippen LogP contribution in [-0.2, 0) is 9.59 Å². The third-order valence-electron chi connectivity index (χ3n) is 2.88. The first kappa shape index (κ1) is 12.3. The zero-order valence-corrected chi connectivity index (χ0v) is 11.4. The zero-order chi connectivity index (χ0) is 12.6. The first-order chi connectivity index (χ1) is 7.99. The van der Waals surface area contributed by atoms with Crippen molar-refractivity contribution in [1.82, 2.24) is 0 Å². The predicted molar refractivity (Wildman–Crippen MR) is 71.8 cm³/mol. The highest BCUT2D eigenvalue weighted by atomic mass is 127. The number of amides is 1. The van der Waals surface area contributed by atoms with Crippen LogP contribution in [0.4, 0.5) is 5.69 Å². The minimum atomic E-state index is -0.886. The van der Waals surface area contributed by atoms with Gasteiger partial charge in [-0.2, -0.15) is 0 Å². The molecule has 0 spiro atoms. The molecule has 0 saturated heterocycles. The van der Waals surface area contributed by atoms with E-state index in [-0.39, 0.29) is 11.8 Å². The molecule has 2 unspecified atom stereocenters. The molecule has 1 amide bonds. The van der Waals surface area contributed by atoms with E-state index < -0.39 is 11.9 Å². The fourth-order valence-electron chi connectivity index (χ4n) is 1.66. The number of nitrogens with one attached hydrogen (secondary N) is 1. The molecule has 0 radical (unpaired) electrons. The van der Waals surface area contributed by atoms with Crippen LogP contribution in [0.2, 0.25) is 0 Å². The Balaban J connectivity index is 2.00. The number of aryl methyl sites for hydroxylation is 1. The Kier molecular flexibility index (Phi) is 3.37. The average Bonchev–Trinajstić information content (AvgIpc) is 3.03. The summed E-state index contributed by atoms with van der Waals surface area (Å²) in [6.07, 6.45) is 0.449. The van der Waals surface area contributed by atoms with Crippen molar-refractivity contribution in [2.75, 3.05) is 5.32 Å². The Labute approximate surface area is 113 Å². The SMILES string of the molecule is Cc1ccc(NC(=O)C2CC2C(=O)O)cc1I. The van der Waals surface area contributed by atoms with Gasteiger partial charge in [0.05, 0.1) is 11.8 Å². The van der Waals surface area contributed by atoms with E-state index in [2.05, 4.69) is 27.9 Å². The highest BCUT2D eigenvalue weighted by Crippen LogP contribution is 2.39. The maximum absolute atomic E-state index is 11.7. The van der Waals surface area contributed by atoms with Crippen molar-refractivity contribution in [3.63, 3.8) is 0 Å². The van der Waals surface area contributed by atoms with E-state index in [1.165, 1.54) is 0 Å². The maximum Gasteiger partial charge on any atom is 0.307 e. The number of halogens is 1. The molecule has 1 saturated carbocycles. The summed E-state index contributed by atoms with van der Waals surface area (Å²) in [4.78, 5) is 22.4. The van der Waals surface area contributed by atoms with Crippen molar-refractivity contribution < 1.29 is 14.7 Å². The molecule has 1 aliphatic rings. The van der Waals surface area contributed by atoms with Gasteiger partial charge in [0, 0.05) is 9.26 Å². The van der Waals surface area contributed by atoms with Gasteiger partial charge in [-0.15, -0.1) is 0 Å². The summed E-state index contributed by atoms with van der Waals surface area (Å²) in [6.45, 7) is 1.99. The lowest BCUT2D eigenvalue weighted by Crippen LogP contribution is -2.16. The van der Waals surface area contributed by atoms with Crippen LogP contribution in [0.1, 0.15) is 12.0 Å². The van der Waals surface area contributed by atoms with Crippen molar-refractivity contribution in [2.24, 2.45) is 11.8 Å². The molecule has 4 nitrogen and oxygen atoms in total. The van der Waals surface area contributed by atoms with Gasteiger partial charge in [-0.05, 0) is 53.6 Å². The smallest absolute Gasteiger partial charge is 0.307 e. The van der Waals surface area contributed by atoms with Crippen LogP contribution in [-0.4, -0.2) is 17.0 Å². The quantitative estimate of drug-likeness (QED) is 0.826. The molecule has 1 aromatic rings. The Hall–Kier alpha value is -1.11. The molecular formula is C12H12INO3. The summed E-state index contributed by atoms with van der Waals surface area (Å²) in [7, 11) is 0. The number of carbonyl (C=O) groups is 2. The largest absolute Gasteiger partial charge is 0.481 e. The number of carboxylic acid groups (broad SMARTS) is 1. The van der Waals surface area contributed by atoms with Crippen molar-refractivity contribution in [3.8, 4) is 0 Å². The Morgan fingerprint density at radius 1 is 1.41 bits per heavy atom. The molecule has 0 aromatic heterocycles. The lowest BCUT2D eigenvalue weighted by Gasteiger charge is -2.06.